The summed E-state index contributed by atoms with van der Waals surface area (Å²) in [6.07, 6.45) is 5.80. The Morgan fingerprint density at radius 1 is 1.05 bits per heavy atom. The first-order valence-electron chi connectivity index (χ1n) is 13.4. The van der Waals surface area contributed by atoms with Crippen LogP contribution in [-0.4, -0.2) is 64.6 Å². The quantitative estimate of drug-likeness (QED) is 0.436. The first-order valence-corrected chi connectivity index (χ1v) is 13.8. The van der Waals surface area contributed by atoms with Crippen molar-refractivity contribution in [1.29, 1.82) is 0 Å². The third-order valence-electron chi connectivity index (χ3n) is 7.84. The zero-order chi connectivity index (χ0) is 27.4. The van der Waals surface area contributed by atoms with Gasteiger partial charge >= 0.3 is 5.97 Å². The molecule has 2 saturated heterocycles. The molecule has 2 aliphatic rings. The minimum absolute atomic E-state index is 0.0593. The number of anilines is 1. The zero-order valence-electron chi connectivity index (χ0n) is 22.1. The van der Waals surface area contributed by atoms with Crippen LogP contribution in [0.2, 0.25) is 5.02 Å². The molecule has 0 bridgehead atoms. The second-order valence-corrected chi connectivity index (χ2v) is 10.6. The number of aryl methyl sites for hydroxylation is 2. The number of aromatic nitrogens is 2. The first-order chi connectivity index (χ1) is 18.9. The van der Waals surface area contributed by atoms with Gasteiger partial charge in [-0.15, -0.1) is 0 Å². The highest BCUT2D eigenvalue weighted by atomic mass is 35.5. The number of aromatic carboxylic acids is 1. The van der Waals surface area contributed by atoms with Gasteiger partial charge in [0.15, 0.2) is 0 Å². The van der Waals surface area contributed by atoms with Crippen LogP contribution in [0.5, 0.6) is 5.75 Å². The van der Waals surface area contributed by atoms with Gasteiger partial charge in [-0.05, 0) is 49.3 Å². The molecular formula is C30H33ClN4O4. The lowest BCUT2D eigenvalue weighted by Gasteiger charge is -2.30. The average Bonchev–Trinajstić information content (AvgIpc) is 3.26. The van der Waals surface area contributed by atoms with E-state index in [-0.39, 0.29) is 17.5 Å². The van der Waals surface area contributed by atoms with Crippen LogP contribution in [-0.2, 0) is 24.1 Å². The van der Waals surface area contributed by atoms with Gasteiger partial charge in [0.2, 0.25) is 11.9 Å². The Morgan fingerprint density at radius 2 is 1.82 bits per heavy atom. The molecule has 39 heavy (non-hydrogen) atoms. The second kappa shape index (κ2) is 12.0. The number of hydrogen-bond acceptors (Lipinski definition) is 6. The highest BCUT2D eigenvalue weighted by molar-refractivity contribution is 6.31. The SMILES string of the molecule is COc1ccccc1CC(=O)N1CCCC[C@@H]2CN(c3ncc(C(=O)O)c(CCc4ccccc4Cl)n3)C[C@H]21. The molecule has 0 radical (unpaired) electrons. The summed E-state index contributed by atoms with van der Waals surface area (Å²) in [6.45, 7) is 2.09. The molecule has 0 aliphatic carbocycles. The topological polar surface area (TPSA) is 95.9 Å². The number of fused-ring (bicyclic) bond motifs is 1. The van der Waals surface area contributed by atoms with Crippen LogP contribution in [0.15, 0.2) is 54.7 Å². The molecule has 0 unspecified atom stereocenters. The van der Waals surface area contributed by atoms with E-state index in [2.05, 4.69) is 9.88 Å². The van der Waals surface area contributed by atoms with Crippen LogP contribution in [0.3, 0.4) is 0 Å². The molecule has 5 rings (SSSR count). The molecule has 2 aliphatic heterocycles. The van der Waals surface area contributed by atoms with E-state index in [4.69, 9.17) is 21.3 Å². The number of carbonyl (C=O) groups excluding carboxylic acids is 1. The minimum atomic E-state index is -1.05. The normalized spacial score (nSPS) is 18.9. The fourth-order valence-electron chi connectivity index (χ4n) is 5.81. The second-order valence-electron chi connectivity index (χ2n) is 10.2. The molecule has 3 aromatic rings. The molecule has 0 saturated carbocycles. The summed E-state index contributed by atoms with van der Waals surface area (Å²) < 4.78 is 5.47. The van der Waals surface area contributed by atoms with E-state index >= 15 is 0 Å². The minimum Gasteiger partial charge on any atom is -0.496 e. The maximum Gasteiger partial charge on any atom is 0.339 e. The standard InChI is InChI=1S/C30H33ClN4O4/c1-39-27-12-5-3-9-21(27)16-28(36)35-15-7-6-10-22-18-34(19-26(22)35)30-32-17-23(29(37)38)25(33-30)14-13-20-8-2-4-11-24(20)31/h2-5,8-9,11-12,17,22,26H,6-7,10,13-16,18-19H2,1H3,(H,37,38)/t22-,26-/m1/s1. The van der Waals surface area contributed by atoms with Gasteiger partial charge in [0.25, 0.3) is 0 Å². The molecule has 2 fully saturated rings. The molecule has 2 aromatic carbocycles. The Morgan fingerprint density at radius 3 is 2.59 bits per heavy atom. The van der Waals surface area contributed by atoms with Crippen LogP contribution in [0.25, 0.3) is 0 Å². The van der Waals surface area contributed by atoms with Crippen molar-refractivity contribution >= 4 is 29.4 Å². The molecule has 1 aromatic heterocycles. The number of carbonyl (C=O) groups is 2. The smallest absolute Gasteiger partial charge is 0.339 e. The molecule has 1 N–H and O–H groups in total. The molecule has 0 spiro atoms. The van der Waals surface area contributed by atoms with Gasteiger partial charge in [-0.1, -0.05) is 54.4 Å². The number of hydrogen-bond donors (Lipinski definition) is 1. The number of para-hydroxylation sites is 1. The van der Waals surface area contributed by atoms with E-state index in [1.165, 1.54) is 6.20 Å². The average molecular weight is 549 g/mol. The van der Waals surface area contributed by atoms with Crippen molar-refractivity contribution in [3.05, 3.63) is 82.1 Å². The van der Waals surface area contributed by atoms with Crippen molar-refractivity contribution in [3.63, 3.8) is 0 Å². The van der Waals surface area contributed by atoms with Gasteiger partial charge in [0.1, 0.15) is 5.75 Å². The van der Waals surface area contributed by atoms with Crippen LogP contribution in [0.4, 0.5) is 5.95 Å². The molecule has 3 heterocycles. The fourth-order valence-corrected chi connectivity index (χ4v) is 6.04. The summed E-state index contributed by atoms with van der Waals surface area (Å²) in [7, 11) is 1.62. The molecule has 1 amide bonds. The lowest BCUT2D eigenvalue weighted by atomic mass is 9.98. The Bertz CT molecular complexity index is 1350. The van der Waals surface area contributed by atoms with Crippen molar-refractivity contribution in [1.82, 2.24) is 14.9 Å². The molecule has 9 heteroatoms. The molecule has 8 nitrogen and oxygen atoms in total. The lowest BCUT2D eigenvalue weighted by molar-refractivity contribution is -0.132. The zero-order valence-corrected chi connectivity index (χ0v) is 22.8. The summed E-state index contributed by atoms with van der Waals surface area (Å²) in [5, 5.41) is 10.4. The Labute approximate surface area is 233 Å². The van der Waals surface area contributed by atoms with E-state index in [0.717, 1.165) is 49.2 Å². The summed E-state index contributed by atoms with van der Waals surface area (Å²) in [6, 6.07) is 15.3. The number of likely N-dealkylation sites (tertiary alicyclic amines) is 1. The monoisotopic (exact) mass is 548 g/mol. The van der Waals surface area contributed by atoms with Crippen LogP contribution in [0, 0.1) is 5.92 Å². The first kappa shape index (κ1) is 26.9. The fraction of sp³-hybridized carbons (Fsp3) is 0.400. The van der Waals surface area contributed by atoms with E-state index in [1.54, 1.807) is 7.11 Å². The van der Waals surface area contributed by atoms with E-state index in [0.29, 0.717) is 48.4 Å². The van der Waals surface area contributed by atoms with Crippen LogP contribution < -0.4 is 9.64 Å². The number of benzene rings is 2. The summed E-state index contributed by atoms with van der Waals surface area (Å²) in [4.78, 5) is 38.8. The van der Waals surface area contributed by atoms with Crippen molar-refractivity contribution in [3.8, 4) is 5.75 Å². The van der Waals surface area contributed by atoms with Gasteiger partial charge in [-0.2, -0.15) is 0 Å². The van der Waals surface area contributed by atoms with Crippen LogP contribution in [0.1, 0.15) is 46.4 Å². The van der Waals surface area contributed by atoms with Crippen molar-refractivity contribution in [2.24, 2.45) is 5.92 Å². The highest BCUT2D eigenvalue weighted by Gasteiger charge is 2.40. The third-order valence-corrected chi connectivity index (χ3v) is 8.21. The van der Waals surface area contributed by atoms with Crippen LogP contribution >= 0.6 is 11.6 Å². The predicted molar refractivity (Wildman–Crippen MR) is 150 cm³/mol. The van der Waals surface area contributed by atoms with E-state index in [9.17, 15) is 14.7 Å². The van der Waals surface area contributed by atoms with Gasteiger partial charge < -0.3 is 19.6 Å². The number of halogens is 1. The number of rotatable bonds is 8. The largest absolute Gasteiger partial charge is 0.496 e. The number of methoxy groups -OCH3 is 1. The number of ether oxygens (including phenoxy) is 1. The van der Waals surface area contributed by atoms with Crippen molar-refractivity contribution in [2.75, 3.05) is 31.6 Å². The summed E-state index contributed by atoms with van der Waals surface area (Å²) in [5.41, 5.74) is 2.43. The Hall–Kier alpha value is -3.65. The lowest BCUT2D eigenvalue weighted by Crippen LogP contribution is -2.45. The number of amides is 1. The number of carboxylic acids is 1. The van der Waals surface area contributed by atoms with Gasteiger partial charge in [0.05, 0.1) is 30.8 Å². The Balaban J connectivity index is 1.35. The van der Waals surface area contributed by atoms with E-state index < -0.39 is 5.97 Å². The maximum atomic E-state index is 13.5. The maximum absolute atomic E-state index is 13.5. The highest BCUT2D eigenvalue weighted by Crippen LogP contribution is 2.33. The molecule has 2 atom stereocenters. The van der Waals surface area contributed by atoms with Crippen molar-refractivity contribution in [2.45, 2.75) is 44.6 Å². The summed E-state index contributed by atoms with van der Waals surface area (Å²) in [5.74, 6) is 0.598. The summed E-state index contributed by atoms with van der Waals surface area (Å²) >= 11 is 6.32. The predicted octanol–water partition coefficient (Wildman–Crippen LogP) is 4.68. The van der Waals surface area contributed by atoms with E-state index in [1.807, 2.05) is 53.4 Å². The van der Waals surface area contributed by atoms with Crippen molar-refractivity contribution < 1.29 is 19.4 Å². The van der Waals surface area contributed by atoms with Gasteiger partial charge in [-0.25, -0.2) is 14.8 Å². The van der Waals surface area contributed by atoms with Gasteiger partial charge in [-0.3, -0.25) is 4.79 Å². The number of nitrogens with zero attached hydrogens (tertiary/aromatic N) is 4. The van der Waals surface area contributed by atoms with Gasteiger partial charge in [0, 0.05) is 36.4 Å². The third kappa shape index (κ3) is 6.01. The number of carboxylic acid groups (broad SMARTS) is 1. The molecule has 204 valence electrons. The Kier molecular flexibility index (Phi) is 8.31. The molecular weight excluding hydrogens is 516 g/mol.